The molecule has 2 amide bonds. The van der Waals surface area contributed by atoms with Gasteiger partial charge in [0.1, 0.15) is 11.9 Å². The summed E-state index contributed by atoms with van der Waals surface area (Å²) in [6, 6.07) is 6.95. The van der Waals surface area contributed by atoms with E-state index >= 15 is 0 Å². The Bertz CT molecular complexity index is 473. The molecule has 0 saturated carbocycles. The van der Waals surface area contributed by atoms with Gasteiger partial charge in [0.2, 0.25) is 0 Å². The third-order valence-electron chi connectivity index (χ3n) is 2.98. The Morgan fingerprint density at radius 3 is 2.67 bits per heavy atom. The van der Waals surface area contributed by atoms with Gasteiger partial charge in [-0.05, 0) is 45.0 Å². The minimum absolute atomic E-state index is 0.119. The van der Waals surface area contributed by atoms with E-state index in [1.54, 1.807) is 12.1 Å². The normalized spacial score (nSPS) is 20.0. The summed E-state index contributed by atoms with van der Waals surface area (Å²) in [5.74, 6) is 0.208. The second kappa shape index (κ2) is 6.78. The van der Waals surface area contributed by atoms with Crippen LogP contribution in [0.1, 0.15) is 20.8 Å². The third kappa shape index (κ3) is 4.91. The number of carbonyl (C=O) groups excluding carboxylic acids is 1. The van der Waals surface area contributed by atoms with Crippen LogP contribution in [0.5, 0.6) is 5.75 Å². The Balaban J connectivity index is 1.74. The number of urea groups is 1. The van der Waals surface area contributed by atoms with Gasteiger partial charge in [-0.3, -0.25) is 0 Å². The summed E-state index contributed by atoms with van der Waals surface area (Å²) >= 11 is 0. The van der Waals surface area contributed by atoms with E-state index in [1.807, 2.05) is 32.9 Å². The van der Waals surface area contributed by atoms with Gasteiger partial charge in [-0.25, -0.2) is 4.79 Å². The van der Waals surface area contributed by atoms with Gasteiger partial charge in [-0.2, -0.15) is 0 Å². The smallest absolute Gasteiger partial charge is 0.319 e. The molecular formula is C15H22N2O4. The summed E-state index contributed by atoms with van der Waals surface area (Å²) in [5, 5.41) is 5.52. The van der Waals surface area contributed by atoms with E-state index < -0.39 is 5.79 Å². The molecular weight excluding hydrogens is 272 g/mol. The number of amides is 2. The monoisotopic (exact) mass is 294 g/mol. The zero-order valence-electron chi connectivity index (χ0n) is 12.6. The highest BCUT2D eigenvalue weighted by Gasteiger charge is 2.32. The molecule has 1 aromatic carbocycles. The minimum Gasteiger partial charge on any atom is -0.494 e. The van der Waals surface area contributed by atoms with E-state index in [4.69, 9.17) is 14.2 Å². The lowest BCUT2D eigenvalue weighted by Crippen LogP contribution is -2.37. The van der Waals surface area contributed by atoms with Gasteiger partial charge < -0.3 is 24.8 Å². The number of hydrogen-bond donors (Lipinski definition) is 2. The molecule has 1 heterocycles. The molecule has 6 heteroatoms. The zero-order chi connectivity index (χ0) is 15.3. The number of ether oxygens (including phenoxy) is 3. The van der Waals surface area contributed by atoms with Crippen LogP contribution in [0.15, 0.2) is 24.3 Å². The summed E-state index contributed by atoms with van der Waals surface area (Å²) in [6.45, 7) is 7.14. The number of hydrogen-bond acceptors (Lipinski definition) is 4. The standard InChI is InChI=1S/C15H22N2O4/c1-4-19-12-7-5-11(6-8-12)17-14(18)16-9-13-10-20-15(2,3)21-13/h5-8,13H,4,9-10H2,1-3H3,(H2,16,17,18). The number of nitrogens with one attached hydrogen (secondary N) is 2. The first-order valence-electron chi connectivity index (χ1n) is 7.08. The molecule has 1 atom stereocenters. The zero-order valence-corrected chi connectivity index (χ0v) is 12.6. The lowest BCUT2D eigenvalue weighted by atomic mass is 10.3. The molecule has 0 spiro atoms. The highest BCUT2D eigenvalue weighted by molar-refractivity contribution is 5.89. The average Bonchev–Trinajstić information content (AvgIpc) is 2.79. The van der Waals surface area contributed by atoms with Crippen LogP contribution >= 0.6 is 0 Å². The summed E-state index contributed by atoms with van der Waals surface area (Å²) < 4.78 is 16.4. The van der Waals surface area contributed by atoms with Gasteiger partial charge in [-0.15, -0.1) is 0 Å². The second-order valence-electron chi connectivity index (χ2n) is 5.24. The van der Waals surface area contributed by atoms with Crippen LogP contribution < -0.4 is 15.4 Å². The van der Waals surface area contributed by atoms with E-state index in [0.717, 1.165) is 5.75 Å². The van der Waals surface area contributed by atoms with E-state index in [1.165, 1.54) is 0 Å². The van der Waals surface area contributed by atoms with Crippen LogP contribution in [-0.4, -0.2) is 37.7 Å². The first-order chi connectivity index (χ1) is 9.98. The Morgan fingerprint density at radius 1 is 1.38 bits per heavy atom. The molecule has 1 aromatic rings. The number of benzene rings is 1. The number of rotatable bonds is 5. The molecule has 2 N–H and O–H groups in total. The van der Waals surface area contributed by atoms with Crippen LogP contribution in [-0.2, 0) is 9.47 Å². The van der Waals surface area contributed by atoms with Crippen molar-refractivity contribution in [1.29, 1.82) is 0 Å². The summed E-state index contributed by atoms with van der Waals surface area (Å²) in [7, 11) is 0. The Kier molecular flexibility index (Phi) is 5.03. The molecule has 0 bridgehead atoms. The largest absolute Gasteiger partial charge is 0.494 e. The summed E-state index contributed by atoms with van der Waals surface area (Å²) in [6.07, 6.45) is -0.119. The summed E-state index contributed by atoms with van der Waals surface area (Å²) in [4.78, 5) is 11.8. The number of carbonyl (C=O) groups is 1. The fourth-order valence-corrected chi connectivity index (χ4v) is 2.05. The highest BCUT2D eigenvalue weighted by atomic mass is 16.7. The number of anilines is 1. The first kappa shape index (κ1) is 15.6. The molecule has 2 rings (SSSR count). The van der Waals surface area contributed by atoms with Gasteiger partial charge in [0.05, 0.1) is 13.2 Å². The Labute approximate surface area is 124 Å². The van der Waals surface area contributed by atoms with Crippen molar-refractivity contribution >= 4 is 11.7 Å². The topological polar surface area (TPSA) is 68.8 Å². The van der Waals surface area contributed by atoms with Crippen molar-refractivity contribution in [2.45, 2.75) is 32.7 Å². The lowest BCUT2D eigenvalue weighted by Gasteiger charge is -2.17. The van der Waals surface area contributed by atoms with E-state index in [9.17, 15) is 4.79 Å². The average molecular weight is 294 g/mol. The van der Waals surface area contributed by atoms with Gasteiger partial charge >= 0.3 is 6.03 Å². The van der Waals surface area contributed by atoms with Crippen molar-refractivity contribution in [3.63, 3.8) is 0 Å². The predicted molar refractivity (Wildman–Crippen MR) is 79.5 cm³/mol. The van der Waals surface area contributed by atoms with Crippen LogP contribution in [0.4, 0.5) is 10.5 Å². The molecule has 1 aliphatic rings. The fraction of sp³-hybridized carbons (Fsp3) is 0.533. The predicted octanol–water partition coefficient (Wildman–Crippen LogP) is 2.36. The maximum atomic E-state index is 11.8. The molecule has 0 aliphatic carbocycles. The van der Waals surface area contributed by atoms with Crippen LogP contribution in [0.2, 0.25) is 0 Å². The molecule has 21 heavy (non-hydrogen) atoms. The van der Waals surface area contributed by atoms with Crippen LogP contribution in [0, 0.1) is 0 Å². The molecule has 1 unspecified atom stereocenters. The molecule has 1 fully saturated rings. The van der Waals surface area contributed by atoms with Crippen LogP contribution in [0.3, 0.4) is 0 Å². The summed E-state index contributed by atoms with van der Waals surface area (Å²) in [5.41, 5.74) is 0.708. The first-order valence-corrected chi connectivity index (χ1v) is 7.08. The SMILES string of the molecule is CCOc1ccc(NC(=O)NCC2COC(C)(C)O2)cc1. The van der Waals surface area contributed by atoms with E-state index in [-0.39, 0.29) is 12.1 Å². The molecule has 1 saturated heterocycles. The second-order valence-corrected chi connectivity index (χ2v) is 5.24. The van der Waals surface area contributed by atoms with Crippen molar-refractivity contribution in [2.75, 3.05) is 25.1 Å². The van der Waals surface area contributed by atoms with E-state index in [2.05, 4.69) is 10.6 Å². The molecule has 0 radical (unpaired) electrons. The fourth-order valence-electron chi connectivity index (χ4n) is 2.05. The molecule has 116 valence electrons. The maximum Gasteiger partial charge on any atom is 0.319 e. The van der Waals surface area contributed by atoms with Crippen molar-refractivity contribution in [2.24, 2.45) is 0 Å². The van der Waals surface area contributed by atoms with Crippen molar-refractivity contribution in [3.8, 4) is 5.75 Å². The Hall–Kier alpha value is -1.79. The van der Waals surface area contributed by atoms with Gasteiger partial charge in [-0.1, -0.05) is 0 Å². The quantitative estimate of drug-likeness (QED) is 0.874. The minimum atomic E-state index is -0.571. The molecule has 1 aliphatic heterocycles. The highest BCUT2D eigenvalue weighted by Crippen LogP contribution is 2.21. The van der Waals surface area contributed by atoms with Gasteiger partial charge in [0.15, 0.2) is 5.79 Å². The van der Waals surface area contributed by atoms with Crippen molar-refractivity contribution in [1.82, 2.24) is 5.32 Å². The molecule has 0 aromatic heterocycles. The van der Waals surface area contributed by atoms with Crippen LogP contribution in [0.25, 0.3) is 0 Å². The Morgan fingerprint density at radius 2 is 2.10 bits per heavy atom. The van der Waals surface area contributed by atoms with Gasteiger partial charge in [0, 0.05) is 12.2 Å². The maximum absolute atomic E-state index is 11.8. The molecule has 6 nitrogen and oxygen atoms in total. The van der Waals surface area contributed by atoms with Gasteiger partial charge in [0.25, 0.3) is 0 Å². The third-order valence-corrected chi connectivity index (χ3v) is 2.98. The lowest BCUT2D eigenvalue weighted by molar-refractivity contribution is -0.137. The van der Waals surface area contributed by atoms with E-state index in [0.29, 0.717) is 25.4 Å². The van der Waals surface area contributed by atoms with Crippen molar-refractivity contribution in [3.05, 3.63) is 24.3 Å². The van der Waals surface area contributed by atoms with Crippen molar-refractivity contribution < 1.29 is 19.0 Å².